The molecule has 0 radical (unpaired) electrons. The maximum absolute atomic E-state index is 13.0. The van der Waals surface area contributed by atoms with Crippen molar-refractivity contribution in [2.24, 2.45) is 5.41 Å². The molecule has 1 N–H and O–H groups in total. The van der Waals surface area contributed by atoms with Crippen LogP contribution in [0, 0.1) is 11.2 Å². The number of hydrogen-bond acceptors (Lipinski definition) is 2. The first-order chi connectivity index (χ1) is 9.93. The molecular formula is C17H26FNOS. The van der Waals surface area contributed by atoms with E-state index in [0.717, 1.165) is 37.1 Å². The Morgan fingerprint density at radius 1 is 1.33 bits per heavy atom. The van der Waals surface area contributed by atoms with Crippen molar-refractivity contribution in [1.29, 1.82) is 0 Å². The van der Waals surface area contributed by atoms with Crippen molar-refractivity contribution in [2.45, 2.75) is 62.6 Å². The standard InChI is InChI=1S/C17H26FNOS/c1-4-11-19-15-9-10-17(2,3)12-16(15)21(20)14-7-5-13(18)6-8-14/h5-8,15-16,19H,4,9-12H2,1-3H3. The van der Waals surface area contributed by atoms with Gasteiger partial charge in [-0.25, -0.2) is 4.39 Å². The molecule has 118 valence electrons. The Labute approximate surface area is 130 Å². The van der Waals surface area contributed by atoms with Gasteiger partial charge in [0.1, 0.15) is 5.82 Å². The molecule has 1 saturated carbocycles. The van der Waals surface area contributed by atoms with E-state index in [-0.39, 0.29) is 16.5 Å². The Kier molecular flexibility index (Phi) is 5.55. The normalized spacial score (nSPS) is 26.5. The second-order valence-electron chi connectivity index (χ2n) is 6.76. The third kappa shape index (κ3) is 4.36. The summed E-state index contributed by atoms with van der Waals surface area (Å²) in [6.07, 6.45) is 4.24. The summed E-state index contributed by atoms with van der Waals surface area (Å²) in [5.74, 6) is -0.277. The van der Waals surface area contributed by atoms with Gasteiger partial charge in [-0.1, -0.05) is 20.8 Å². The van der Waals surface area contributed by atoms with E-state index in [4.69, 9.17) is 0 Å². The minimum Gasteiger partial charge on any atom is -0.313 e. The molecule has 0 spiro atoms. The summed E-state index contributed by atoms with van der Waals surface area (Å²) in [5.41, 5.74) is 0.227. The summed E-state index contributed by atoms with van der Waals surface area (Å²) >= 11 is 0. The highest BCUT2D eigenvalue weighted by molar-refractivity contribution is 7.85. The van der Waals surface area contributed by atoms with Gasteiger partial charge in [0.05, 0.1) is 16.0 Å². The Bertz CT molecular complexity index is 486. The fraction of sp³-hybridized carbons (Fsp3) is 0.647. The highest BCUT2D eigenvalue weighted by atomic mass is 32.2. The second kappa shape index (κ2) is 7.01. The average molecular weight is 311 g/mol. The molecule has 3 unspecified atom stereocenters. The molecule has 4 heteroatoms. The lowest BCUT2D eigenvalue weighted by atomic mass is 9.75. The van der Waals surface area contributed by atoms with Crippen LogP contribution in [0.5, 0.6) is 0 Å². The van der Waals surface area contributed by atoms with Crippen molar-refractivity contribution >= 4 is 10.8 Å². The van der Waals surface area contributed by atoms with E-state index in [1.165, 1.54) is 12.1 Å². The predicted octanol–water partition coefficient (Wildman–Crippen LogP) is 3.88. The molecule has 21 heavy (non-hydrogen) atoms. The summed E-state index contributed by atoms with van der Waals surface area (Å²) < 4.78 is 26.0. The number of hydrogen-bond donors (Lipinski definition) is 1. The minimum atomic E-state index is -1.09. The molecule has 0 aromatic heterocycles. The number of nitrogens with one attached hydrogen (secondary N) is 1. The van der Waals surface area contributed by atoms with Crippen LogP contribution in [0.4, 0.5) is 4.39 Å². The van der Waals surface area contributed by atoms with Crippen LogP contribution in [0.2, 0.25) is 0 Å². The zero-order valence-corrected chi connectivity index (χ0v) is 14.0. The molecule has 0 bridgehead atoms. The molecule has 0 saturated heterocycles. The second-order valence-corrected chi connectivity index (χ2v) is 8.43. The zero-order valence-electron chi connectivity index (χ0n) is 13.2. The first-order valence-corrected chi connectivity index (χ1v) is 9.04. The lowest BCUT2D eigenvalue weighted by Crippen LogP contribution is -2.48. The van der Waals surface area contributed by atoms with Crippen LogP contribution in [0.25, 0.3) is 0 Å². The molecule has 3 atom stereocenters. The summed E-state index contributed by atoms with van der Waals surface area (Å²) in [6, 6.07) is 6.41. The van der Waals surface area contributed by atoms with Crippen LogP contribution in [0.15, 0.2) is 29.2 Å². The van der Waals surface area contributed by atoms with Crippen molar-refractivity contribution in [3.8, 4) is 0 Å². The molecule has 1 aromatic rings. The van der Waals surface area contributed by atoms with Crippen molar-refractivity contribution in [3.05, 3.63) is 30.1 Å². The molecule has 1 fully saturated rings. The van der Waals surface area contributed by atoms with E-state index >= 15 is 0 Å². The fourth-order valence-electron chi connectivity index (χ4n) is 3.05. The molecule has 0 aliphatic heterocycles. The molecule has 2 rings (SSSR count). The van der Waals surface area contributed by atoms with Crippen LogP contribution in [-0.2, 0) is 10.8 Å². The van der Waals surface area contributed by atoms with Crippen molar-refractivity contribution in [2.75, 3.05) is 6.54 Å². The highest BCUT2D eigenvalue weighted by Crippen LogP contribution is 2.38. The summed E-state index contributed by atoms with van der Waals surface area (Å²) in [6.45, 7) is 7.60. The van der Waals surface area contributed by atoms with Gasteiger partial charge >= 0.3 is 0 Å². The Hall–Kier alpha value is -0.740. The van der Waals surface area contributed by atoms with Crippen LogP contribution < -0.4 is 5.32 Å². The van der Waals surface area contributed by atoms with E-state index in [1.807, 2.05) is 0 Å². The van der Waals surface area contributed by atoms with Crippen LogP contribution >= 0.6 is 0 Å². The third-order valence-corrected chi connectivity index (χ3v) is 6.09. The van der Waals surface area contributed by atoms with Gasteiger partial charge in [0.2, 0.25) is 0 Å². The smallest absolute Gasteiger partial charge is 0.123 e. The molecule has 1 aromatic carbocycles. The number of halogens is 1. The first kappa shape index (κ1) is 16.6. The van der Waals surface area contributed by atoms with E-state index in [2.05, 4.69) is 26.1 Å². The minimum absolute atomic E-state index is 0.103. The summed E-state index contributed by atoms with van der Waals surface area (Å²) in [5, 5.41) is 3.66. The lowest BCUT2D eigenvalue weighted by Gasteiger charge is -2.40. The first-order valence-electron chi connectivity index (χ1n) is 7.82. The Morgan fingerprint density at radius 2 is 2.00 bits per heavy atom. The van der Waals surface area contributed by atoms with Gasteiger partial charge in [-0.2, -0.15) is 0 Å². The quantitative estimate of drug-likeness (QED) is 0.894. The molecule has 0 heterocycles. The van der Waals surface area contributed by atoms with Crippen molar-refractivity contribution in [1.82, 2.24) is 5.32 Å². The molecule has 0 amide bonds. The zero-order chi connectivity index (χ0) is 15.5. The molecule has 1 aliphatic carbocycles. The topological polar surface area (TPSA) is 29.1 Å². The van der Waals surface area contributed by atoms with Crippen LogP contribution in [0.3, 0.4) is 0 Å². The van der Waals surface area contributed by atoms with Gasteiger partial charge in [-0.3, -0.25) is 4.21 Å². The van der Waals surface area contributed by atoms with Gasteiger partial charge in [0.15, 0.2) is 0 Å². The molecular weight excluding hydrogens is 285 g/mol. The molecule has 2 nitrogen and oxygen atoms in total. The lowest BCUT2D eigenvalue weighted by molar-refractivity contribution is 0.212. The van der Waals surface area contributed by atoms with Crippen LogP contribution in [0.1, 0.15) is 46.5 Å². The van der Waals surface area contributed by atoms with Gasteiger partial charge in [0.25, 0.3) is 0 Å². The third-order valence-electron chi connectivity index (χ3n) is 4.31. The summed E-state index contributed by atoms with van der Waals surface area (Å²) in [7, 11) is -1.09. The summed E-state index contributed by atoms with van der Waals surface area (Å²) in [4.78, 5) is 0.738. The van der Waals surface area contributed by atoms with E-state index in [0.29, 0.717) is 6.04 Å². The monoisotopic (exact) mass is 311 g/mol. The highest BCUT2D eigenvalue weighted by Gasteiger charge is 2.38. The van der Waals surface area contributed by atoms with E-state index < -0.39 is 10.8 Å². The largest absolute Gasteiger partial charge is 0.313 e. The predicted molar refractivity (Wildman–Crippen MR) is 86.3 cm³/mol. The number of rotatable bonds is 5. The maximum atomic E-state index is 13.0. The van der Waals surface area contributed by atoms with Gasteiger partial charge in [-0.15, -0.1) is 0 Å². The van der Waals surface area contributed by atoms with Gasteiger partial charge < -0.3 is 5.32 Å². The maximum Gasteiger partial charge on any atom is 0.123 e. The van der Waals surface area contributed by atoms with Gasteiger partial charge in [0, 0.05) is 10.9 Å². The SMILES string of the molecule is CCCNC1CCC(C)(C)CC1S(=O)c1ccc(F)cc1. The fourth-order valence-corrected chi connectivity index (χ4v) is 4.94. The molecule has 1 aliphatic rings. The number of benzene rings is 1. The van der Waals surface area contributed by atoms with Crippen molar-refractivity contribution < 1.29 is 8.60 Å². The Morgan fingerprint density at radius 3 is 2.62 bits per heavy atom. The average Bonchev–Trinajstić information content (AvgIpc) is 2.45. The van der Waals surface area contributed by atoms with E-state index in [9.17, 15) is 8.60 Å². The Balaban J connectivity index is 2.17. The van der Waals surface area contributed by atoms with Crippen molar-refractivity contribution in [3.63, 3.8) is 0 Å². The van der Waals surface area contributed by atoms with Gasteiger partial charge in [-0.05, 0) is 61.9 Å². The van der Waals surface area contributed by atoms with E-state index in [1.54, 1.807) is 12.1 Å². The van der Waals surface area contributed by atoms with Crippen LogP contribution in [-0.4, -0.2) is 22.0 Å².